The lowest BCUT2D eigenvalue weighted by molar-refractivity contribution is -0.137. The zero-order valence-corrected chi connectivity index (χ0v) is 15.4. The lowest BCUT2D eigenvalue weighted by Gasteiger charge is -2.20. The zero-order chi connectivity index (χ0) is 19.9. The van der Waals surface area contributed by atoms with Gasteiger partial charge in [0.1, 0.15) is 4.88 Å². The third kappa shape index (κ3) is 3.75. The molecule has 0 unspecified atom stereocenters. The van der Waals surface area contributed by atoms with Crippen molar-refractivity contribution in [1.82, 2.24) is 9.88 Å². The highest BCUT2D eigenvalue weighted by molar-refractivity contribution is 7.17. The summed E-state index contributed by atoms with van der Waals surface area (Å²) in [5.41, 5.74) is 5.63. The van der Waals surface area contributed by atoms with Gasteiger partial charge in [-0.25, -0.2) is 9.78 Å². The number of benzene rings is 1. The SMILES string of the molecule is Cc1nc(N2C[C@@H](C)N(Cc3ccc(C(F)(F)F)cc3)C2=O)sc1C(N)=O. The number of nitrogens with zero attached hydrogens (tertiary/aromatic N) is 3. The number of rotatable bonds is 4. The van der Waals surface area contributed by atoms with E-state index in [1.54, 1.807) is 11.8 Å². The number of urea groups is 1. The van der Waals surface area contributed by atoms with E-state index in [0.717, 1.165) is 23.5 Å². The van der Waals surface area contributed by atoms with Crippen LogP contribution in [0.4, 0.5) is 23.1 Å². The smallest absolute Gasteiger partial charge is 0.365 e. The van der Waals surface area contributed by atoms with Gasteiger partial charge in [0.25, 0.3) is 5.91 Å². The molecule has 1 aromatic carbocycles. The predicted molar refractivity (Wildman–Crippen MR) is 94.6 cm³/mol. The minimum Gasteiger partial charge on any atom is -0.365 e. The maximum absolute atomic E-state index is 12.8. The Balaban J connectivity index is 1.77. The summed E-state index contributed by atoms with van der Waals surface area (Å²) in [5, 5.41) is 0.382. The molecule has 2 heterocycles. The summed E-state index contributed by atoms with van der Waals surface area (Å²) < 4.78 is 38.0. The van der Waals surface area contributed by atoms with Gasteiger partial charge in [-0.15, -0.1) is 0 Å². The molecule has 3 rings (SSSR count). The van der Waals surface area contributed by atoms with Gasteiger partial charge in [-0.2, -0.15) is 13.2 Å². The van der Waals surface area contributed by atoms with E-state index in [2.05, 4.69) is 4.98 Å². The van der Waals surface area contributed by atoms with E-state index in [-0.39, 0.29) is 18.6 Å². The number of hydrogen-bond donors (Lipinski definition) is 1. The van der Waals surface area contributed by atoms with Crippen LogP contribution in [0.25, 0.3) is 0 Å². The third-order valence-corrected chi connectivity index (χ3v) is 5.52. The summed E-state index contributed by atoms with van der Waals surface area (Å²) in [6.45, 7) is 4.04. The molecule has 1 aromatic heterocycles. The van der Waals surface area contributed by atoms with Gasteiger partial charge in [-0.05, 0) is 31.5 Å². The van der Waals surface area contributed by atoms with Crippen molar-refractivity contribution in [2.45, 2.75) is 32.6 Å². The summed E-state index contributed by atoms with van der Waals surface area (Å²) in [6, 6.07) is 4.26. The van der Waals surface area contributed by atoms with Crippen molar-refractivity contribution in [2.24, 2.45) is 5.73 Å². The monoisotopic (exact) mass is 398 g/mol. The molecule has 0 bridgehead atoms. The van der Waals surface area contributed by atoms with E-state index in [0.29, 0.717) is 27.8 Å². The van der Waals surface area contributed by atoms with Crippen molar-refractivity contribution in [1.29, 1.82) is 0 Å². The Morgan fingerprint density at radius 3 is 2.48 bits per heavy atom. The van der Waals surface area contributed by atoms with Crippen molar-refractivity contribution in [3.63, 3.8) is 0 Å². The molecule has 1 saturated heterocycles. The van der Waals surface area contributed by atoms with Crippen LogP contribution in [0.1, 0.15) is 33.4 Å². The topological polar surface area (TPSA) is 79.5 Å². The fourth-order valence-electron chi connectivity index (χ4n) is 2.89. The van der Waals surface area contributed by atoms with E-state index in [4.69, 9.17) is 5.73 Å². The molecule has 1 aliphatic heterocycles. The van der Waals surface area contributed by atoms with Gasteiger partial charge in [-0.1, -0.05) is 23.5 Å². The number of thiazole rings is 1. The number of amides is 3. The van der Waals surface area contributed by atoms with Crippen molar-refractivity contribution < 1.29 is 22.8 Å². The zero-order valence-electron chi connectivity index (χ0n) is 14.6. The first-order valence-electron chi connectivity index (χ1n) is 8.09. The normalized spacial score (nSPS) is 17.7. The molecule has 6 nitrogen and oxygen atoms in total. The van der Waals surface area contributed by atoms with Crippen LogP contribution in [0.15, 0.2) is 24.3 Å². The lowest BCUT2D eigenvalue weighted by Crippen LogP contribution is -2.33. The Kier molecular flexibility index (Phi) is 4.85. The molecule has 10 heteroatoms. The molecule has 0 radical (unpaired) electrons. The molecule has 0 saturated carbocycles. The molecule has 3 amide bonds. The fraction of sp³-hybridized carbons (Fsp3) is 0.353. The number of carbonyl (C=O) groups excluding carboxylic acids is 2. The molecule has 2 N–H and O–H groups in total. The summed E-state index contributed by atoms with van der Waals surface area (Å²) in [4.78, 5) is 31.7. The van der Waals surface area contributed by atoms with Gasteiger partial charge in [0, 0.05) is 12.6 Å². The van der Waals surface area contributed by atoms with Gasteiger partial charge < -0.3 is 10.6 Å². The second-order valence-electron chi connectivity index (χ2n) is 6.34. The Hall–Kier alpha value is -2.62. The number of aryl methyl sites for hydroxylation is 1. The van der Waals surface area contributed by atoms with Gasteiger partial charge in [-0.3, -0.25) is 9.69 Å². The maximum atomic E-state index is 12.8. The van der Waals surface area contributed by atoms with Crippen LogP contribution in [-0.4, -0.2) is 34.4 Å². The quantitative estimate of drug-likeness (QED) is 0.857. The highest BCUT2D eigenvalue weighted by Gasteiger charge is 2.37. The largest absolute Gasteiger partial charge is 0.416 e. The molecule has 0 aliphatic carbocycles. The van der Waals surface area contributed by atoms with Crippen LogP contribution >= 0.6 is 11.3 Å². The second kappa shape index (κ2) is 6.84. The number of anilines is 1. The summed E-state index contributed by atoms with van der Waals surface area (Å²) in [7, 11) is 0. The van der Waals surface area contributed by atoms with Crippen LogP contribution < -0.4 is 10.6 Å². The summed E-state index contributed by atoms with van der Waals surface area (Å²) >= 11 is 1.05. The minimum absolute atomic E-state index is 0.166. The second-order valence-corrected chi connectivity index (χ2v) is 7.32. The molecule has 1 aliphatic rings. The van der Waals surface area contributed by atoms with Crippen LogP contribution in [0.5, 0.6) is 0 Å². The van der Waals surface area contributed by atoms with Gasteiger partial charge >= 0.3 is 12.2 Å². The number of primary amides is 1. The van der Waals surface area contributed by atoms with Gasteiger partial charge in [0.15, 0.2) is 5.13 Å². The molecular weight excluding hydrogens is 381 g/mol. The molecule has 2 aromatic rings. The number of halogens is 3. The lowest BCUT2D eigenvalue weighted by atomic mass is 10.1. The first-order valence-corrected chi connectivity index (χ1v) is 8.91. The Labute approximate surface area is 157 Å². The number of alkyl halides is 3. The van der Waals surface area contributed by atoms with E-state index < -0.39 is 17.6 Å². The molecule has 1 atom stereocenters. The first-order chi connectivity index (χ1) is 12.6. The Morgan fingerprint density at radius 2 is 1.96 bits per heavy atom. The predicted octanol–water partition coefficient (Wildman–Crippen LogP) is 3.40. The summed E-state index contributed by atoms with van der Waals surface area (Å²) in [5.74, 6) is -0.599. The van der Waals surface area contributed by atoms with E-state index >= 15 is 0 Å². The minimum atomic E-state index is -4.40. The van der Waals surface area contributed by atoms with Gasteiger partial charge in [0.05, 0.1) is 17.8 Å². The average Bonchev–Trinajstić information content (AvgIpc) is 3.09. The van der Waals surface area contributed by atoms with E-state index in [1.807, 2.05) is 6.92 Å². The maximum Gasteiger partial charge on any atom is 0.416 e. The van der Waals surface area contributed by atoms with Crippen molar-refractivity contribution in [2.75, 3.05) is 11.4 Å². The molecule has 144 valence electrons. The number of nitrogens with two attached hydrogens (primary N) is 1. The number of carbonyl (C=O) groups is 2. The van der Waals surface area contributed by atoms with Crippen LogP contribution in [0.2, 0.25) is 0 Å². The van der Waals surface area contributed by atoms with Crippen LogP contribution in [0.3, 0.4) is 0 Å². The number of hydrogen-bond acceptors (Lipinski definition) is 4. The van der Waals surface area contributed by atoms with Crippen LogP contribution in [0, 0.1) is 6.92 Å². The molecular formula is C17H17F3N4O2S. The molecule has 1 fully saturated rings. The highest BCUT2D eigenvalue weighted by Crippen LogP contribution is 2.32. The Morgan fingerprint density at radius 1 is 1.33 bits per heavy atom. The summed E-state index contributed by atoms with van der Waals surface area (Å²) in [6.07, 6.45) is -4.40. The Bertz CT molecular complexity index is 879. The fourth-order valence-corrected chi connectivity index (χ4v) is 3.81. The molecule has 0 spiro atoms. The van der Waals surface area contributed by atoms with Gasteiger partial charge in [0.2, 0.25) is 0 Å². The van der Waals surface area contributed by atoms with Crippen molar-refractivity contribution >= 4 is 28.4 Å². The third-order valence-electron chi connectivity index (χ3n) is 4.33. The van der Waals surface area contributed by atoms with Crippen LogP contribution in [-0.2, 0) is 12.7 Å². The molecule has 27 heavy (non-hydrogen) atoms. The first kappa shape index (κ1) is 19.2. The standard InChI is InChI=1S/C17H17F3N4O2S/c1-9-7-24(15-22-10(2)13(27-15)14(21)25)16(26)23(9)8-11-3-5-12(6-4-11)17(18,19)20/h3-6,9H,7-8H2,1-2H3,(H2,21,25)/t9-/m1/s1. The number of aromatic nitrogens is 1. The average molecular weight is 398 g/mol. The van der Waals surface area contributed by atoms with E-state index in [1.165, 1.54) is 17.0 Å². The van der Waals surface area contributed by atoms with Crippen molar-refractivity contribution in [3.05, 3.63) is 46.0 Å². The van der Waals surface area contributed by atoms with E-state index in [9.17, 15) is 22.8 Å². The van der Waals surface area contributed by atoms with Crippen molar-refractivity contribution in [3.8, 4) is 0 Å². The highest BCUT2D eigenvalue weighted by atomic mass is 32.1.